The third-order valence-electron chi connectivity index (χ3n) is 3.77. The average Bonchev–Trinajstić information content (AvgIpc) is 2.48. The summed E-state index contributed by atoms with van der Waals surface area (Å²) in [4.78, 5) is 0. The van der Waals surface area contributed by atoms with Gasteiger partial charge >= 0.3 is 0 Å². The lowest BCUT2D eigenvalue weighted by atomic mass is 9.74. The minimum absolute atomic E-state index is 0.0207. The molecule has 0 saturated carbocycles. The Kier molecular flexibility index (Phi) is 2.43. The topological polar surface area (TPSA) is 20.2 Å². The maximum Gasteiger partial charge on any atom is 0.0758 e. The van der Waals surface area contributed by atoms with E-state index in [1.807, 2.05) is 6.08 Å². The first-order valence-corrected chi connectivity index (χ1v) is 5.48. The first-order valence-electron chi connectivity index (χ1n) is 5.48. The number of rotatable bonds is 1. The molecule has 0 saturated heterocycles. The molecule has 0 aromatic heterocycles. The van der Waals surface area contributed by atoms with E-state index in [2.05, 4.69) is 51.1 Å². The molecule has 0 radical (unpaired) electrons. The average molecular weight is 202 g/mol. The zero-order chi connectivity index (χ0) is 11.1. The van der Waals surface area contributed by atoms with Crippen molar-refractivity contribution in [3.8, 4) is 0 Å². The summed E-state index contributed by atoms with van der Waals surface area (Å²) in [5.74, 6) is 0.250. The maximum atomic E-state index is 9.76. The van der Waals surface area contributed by atoms with Crippen LogP contribution in [0, 0.1) is 12.8 Å². The molecule has 1 aliphatic carbocycles. The predicted molar refractivity (Wildman–Crippen MR) is 62.8 cm³/mol. The number of allylic oxidation sites excluding steroid dienone is 1. The summed E-state index contributed by atoms with van der Waals surface area (Å²) in [7, 11) is 0. The van der Waals surface area contributed by atoms with E-state index in [0.29, 0.717) is 0 Å². The molecular formula is C14H18O. The van der Waals surface area contributed by atoms with Gasteiger partial charge in [0.2, 0.25) is 0 Å². The Morgan fingerprint density at radius 2 is 1.80 bits per heavy atom. The molecule has 2 rings (SSSR count). The molecule has 80 valence electrons. The van der Waals surface area contributed by atoms with Crippen molar-refractivity contribution < 1.29 is 5.11 Å². The lowest BCUT2D eigenvalue weighted by Gasteiger charge is -2.30. The SMILES string of the molecule is Cc1ccc([C@]2(C)C=CC(O)[C@@H]2C)cc1. The number of benzene rings is 1. The minimum Gasteiger partial charge on any atom is -0.389 e. The van der Waals surface area contributed by atoms with Crippen LogP contribution in [0.1, 0.15) is 25.0 Å². The smallest absolute Gasteiger partial charge is 0.0758 e. The molecule has 1 heteroatoms. The molecule has 0 bridgehead atoms. The van der Waals surface area contributed by atoms with Crippen molar-refractivity contribution in [3.05, 3.63) is 47.5 Å². The van der Waals surface area contributed by atoms with E-state index >= 15 is 0 Å². The molecule has 0 heterocycles. The first-order chi connectivity index (χ1) is 7.04. The van der Waals surface area contributed by atoms with Gasteiger partial charge in [-0.3, -0.25) is 0 Å². The van der Waals surface area contributed by atoms with Crippen LogP contribution in [0.5, 0.6) is 0 Å². The van der Waals surface area contributed by atoms with Gasteiger partial charge in [0, 0.05) is 5.41 Å². The Balaban J connectivity index is 2.38. The van der Waals surface area contributed by atoms with E-state index in [9.17, 15) is 5.11 Å². The van der Waals surface area contributed by atoms with Crippen LogP contribution >= 0.6 is 0 Å². The summed E-state index contributed by atoms with van der Waals surface area (Å²) in [6.45, 7) is 6.38. The molecule has 0 spiro atoms. The van der Waals surface area contributed by atoms with Crippen LogP contribution in [-0.4, -0.2) is 11.2 Å². The van der Waals surface area contributed by atoms with Crippen LogP contribution in [0.15, 0.2) is 36.4 Å². The molecule has 1 unspecified atom stereocenters. The minimum atomic E-state index is -0.309. The normalized spacial score (nSPS) is 34.7. The van der Waals surface area contributed by atoms with Gasteiger partial charge in [-0.05, 0) is 18.4 Å². The quantitative estimate of drug-likeness (QED) is 0.694. The summed E-state index contributed by atoms with van der Waals surface area (Å²) in [5, 5.41) is 9.76. The van der Waals surface area contributed by atoms with Crippen molar-refractivity contribution in [1.29, 1.82) is 0 Å². The highest BCUT2D eigenvalue weighted by Gasteiger charge is 2.38. The highest BCUT2D eigenvalue weighted by molar-refractivity contribution is 5.36. The van der Waals surface area contributed by atoms with Crippen molar-refractivity contribution in [2.75, 3.05) is 0 Å². The second-order valence-corrected chi connectivity index (χ2v) is 4.79. The van der Waals surface area contributed by atoms with E-state index in [1.165, 1.54) is 11.1 Å². The third-order valence-corrected chi connectivity index (χ3v) is 3.77. The first kappa shape index (κ1) is 10.4. The zero-order valence-corrected chi connectivity index (χ0v) is 9.57. The third kappa shape index (κ3) is 1.61. The predicted octanol–water partition coefficient (Wildman–Crippen LogP) is 2.82. The summed E-state index contributed by atoms with van der Waals surface area (Å²) >= 11 is 0. The van der Waals surface area contributed by atoms with Gasteiger partial charge < -0.3 is 5.11 Å². The number of aryl methyl sites for hydroxylation is 1. The Morgan fingerprint density at radius 1 is 1.20 bits per heavy atom. The Hall–Kier alpha value is -1.08. The van der Waals surface area contributed by atoms with Crippen LogP contribution in [0.25, 0.3) is 0 Å². The molecule has 3 atom stereocenters. The molecule has 15 heavy (non-hydrogen) atoms. The van der Waals surface area contributed by atoms with Gasteiger partial charge in [-0.25, -0.2) is 0 Å². The van der Waals surface area contributed by atoms with Gasteiger partial charge in [0.05, 0.1) is 6.10 Å². The van der Waals surface area contributed by atoms with Gasteiger partial charge in [0.25, 0.3) is 0 Å². The van der Waals surface area contributed by atoms with Gasteiger partial charge in [-0.15, -0.1) is 0 Å². The standard InChI is InChI=1S/C14H18O/c1-10-4-6-12(7-5-10)14(3)9-8-13(15)11(14)2/h4-9,11,13,15H,1-3H3/t11-,13?,14+/m0/s1. The molecule has 0 aliphatic heterocycles. The van der Waals surface area contributed by atoms with Crippen LogP contribution in [0.2, 0.25) is 0 Å². The monoisotopic (exact) mass is 202 g/mol. The second-order valence-electron chi connectivity index (χ2n) is 4.79. The molecule has 0 amide bonds. The largest absolute Gasteiger partial charge is 0.389 e. The summed E-state index contributed by atoms with van der Waals surface area (Å²) in [6, 6.07) is 8.58. The highest BCUT2D eigenvalue weighted by Crippen LogP contribution is 2.40. The molecule has 1 nitrogen and oxygen atoms in total. The number of aliphatic hydroxyl groups is 1. The lowest BCUT2D eigenvalue weighted by Crippen LogP contribution is -2.30. The molecule has 1 aromatic carbocycles. The zero-order valence-electron chi connectivity index (χ0n) is 9.57. The van der Waals surface area contributed by atoms with E-state index in [1.54, 1.807) is 0 Å². The molecule has 0 fully saturated rings. The van der Waals surface area contributed by atoms with Gasteiger partial charge in [-0.1, -0.05) is 55.8 Å². The fraction of sp³-hybridized carbons (Fsp3) is 0.429. The number of aliphatic hydroxyl groups excluding tert-OH is 1. The molecule has 1 aromatic rings. The Labute approximate surface area is 91.4 Å². The van der Waals surface area contributed by atoms with Crippen LogP contribution in [0.3, 0.4) is 0 Å². The Morgan fingerprint density at radius 3 is 2.27 bits per heavy atom. The van der Waals surface area contributed by atoms with E-state index in [-0.39, 0.29) is 17.4 Å². The van der Waals surface area contributed by atoms with Gasteiger partial charge in [0.15, 0.2) is 0 Å². The van der Waals surface area contributed by atoms with E-state index in [0.717, 1.165) is 0 Å². The lowest BCUT2D eigenvalue weighted by molar-refractivity contribution is 0.145. The van der Waals surface area contributed by atoms with Crippen molar-refractivity contribution >= 4 is 0 Å². The maximum absolute atomic E-state index is 9.76. The number of hydrogen-bond acceptors (Lipinski definition) is 1. The van der Waals surface area contributed by atoms with Crippen LogP contribution < -0.4 is 0 Å². The van der Waals surface area contributed by atoms with Crippen molar-refractivity contribution in [2.24, 2.45) is 5.92 Å². The summed E-state index contributed by atoms with van der Waals surface area (Å²) in [6.07, 6.45) is 3.73. The summed E-state index contributed by atoms with van der Waals surface area (Å²) in [5.41, 5.74) is 2.54. The summed E-state index contributed by atoms with van der Waals surface area (Å²) < 4.78 is 0. The van der Waals surface area contributed by atoms with E-state index in [4.69, 9.17) is 0 Å². The fourth-order valence-corrected chi connectivity index (χ4v) is 2.24. The molecule has 1 aliphatic rings. The molecule has 1 N–H and O–H groups in total. The van der Waals surface area contributed by atoms with E-state index < -0.39 is 0 Å². The number of hydrogen-bond donors (Lipinski definition) is 1. The molecular weight excluding hydrogens is 184 g/mol. The Bertz CT molecular complexity index is 377. The van der Waals surface area contributed by atoms with Crippen molar-refractivity contribution in [1.82, 2.24) is 0 Å². The van der Waals surface area contributed by atoms with Crippen molar-refractivity contribution in [3.63, 3.8) is 0 Å². The van der Waals surface area contributed by atoms with Gasteiger partial charge in [-0.2, -0.15) is 0 Å². The van der Waals surface area contributed by atoms with Crippen LogP contribution in [-0.2, 0) is 5.41 Å². The van der Waals surface area contributed by atoms with Crippen molar-refractivity contribution in [2.45, 2.75) is 32.3 Å². The second kappa shape index (κ2) is 3.49. The highest BCUT2D eigenvalue weighted by atomic mass is 16.3. The van der Waals surface area contributed by atoms with Crippen LogP contribution in [0.4, 0.5) is 0 Å². The fourth-order valence-electron chi connectivity index (χ4n) is 2.24. The van der Waals surface area contributed by atoms with Gasteiger partial charge in [0.1, 0.15) is 0 Å².